The minimum absolute atomic E-state index is 0.519. The SMILES string of the molecule is Brc1cnn(Cc2noc(C(C3CC3)C3CC3)n2)c1. The van der Waals surface area contributed by atoms with Crippen LogP contribution in [0.2, 0.25) is 0 Å². The Hall–Kier alpha value is -1.17. The Morgan fingerprint density at radius 3 is 2.63 bits per heavy atom. The fraction of sp³-hybridized carbons (Fsp3) is 0.615. The third-order valence-corrected chi connectivity index (χ3v) is 4.34. The van der Waals surface area contributed by atoms with E-state index in [-0.39, 0.29) is 0 Å². The van der Waals surface area contributed by atoms with Crippen molar-refractivity contribution in [3.8, 4) is 0 Å². The average Bonchev–Trinajstić information content (AvgIpc) is 3.30. The van der Waals surface area contributed by atoms with Gasteiger partial charge in [0.15, 0.2) is 5.82 Å². The van der Waals surface area contributed by atoms with Crippen molar-refractivity contribution in [2.45, 2.75) is 38.1 Å². The number of aromatic nitrogens is 4. The van der Waals surface area contributed by atoms with Crippen LogP contribution in [0.1, 0.15) is 43.3 Å². The molecular weight excluding hydrogens is 308 g/mol. The summed E-state index contributed by atoms with van der Waals surface area (Å²) in [6.45, 7) is 0.567. The topological polar surface area (TPSA) is 56.7 Å². The van der Waals surface area contributed by atoms with E-state index in [9.17, 15) is 0 Å². The standard InChI is InChI=1S/C13H15BrN4O/c14-10-5-15-18(6-10)7-11-16-13(19-17-11)12(8-1-2-8)9-3-4-9/h5-6,8-9,12H,1-4,7H2. The molecule has 5 nitrogen and oxygen atoms in total. The van der Waals surface area contributed by atoms with E-state index in [1.165, 1.54) is 25.7 Å². The predicted octanol–water partition coefficient (Wildman–Crippen LogP) is 2.98. The molecule has 2 aromatic heterocycles. The number of rotatable bonds is 5. The summed E-state index contributed by atoms with van der Waals surface area (Å²) in [6.07, 6.45) is 8.97. The Morgan fingerprint density at radius 2 is 2.05 bits per heavy atom. The fourth-order valence-corrected chi connectivity index (χ4v) is 3.06. The van der Waals surface area contributed by atoms with Crippen molar-refractivity contribution in [3.63, 3.8) is 0 Å². The first kappa shape index (κ1) is 11.6. The third kappa shape index (κ3) is 2.45. The summed E-state index contributed by atoms with van der Waals surface area (Å²) in [7, 11) is 0. The zero-order chi connectivity index (χ0) is 12.8. The highest BCUT2D eigenvalue weighted by Gasteiger charge is 2.45. The zero-order valence-corrected chi connectivity index (χ0v) is 12.1. The van der Waals surface area contributed by atoms with Crippen LogP contribution < -0.4 is 0 Å². The Morgan fingerprint density at radius 1 is 1.32 bits per heavy atom. The lowest BCUT2D eigenvalue weighted by Gasteiger charge is -2.08. The third-order valence-electron chi connectivity index (χ3n) is 3.93. The quantitative estimate of drug-likeness (QED) is 0.849. The molecule has 2 heterocycles. The molecule has 2 aliphatic carbocycles. The van der Waals surface area contributed by atoms with Gasteiger partial charge in [-0.15, -0.1) is 0 Å². The molecule has 100 valence electrons. The molecule has 19 heavy (non-hydrogen) atoms. The average molecular weight is 323 g/mol. The molecule has 0 aliphatic heterocycles. The fourth-order valence-electron chi connectivity index (χ4n) is 2.74. The lowest BCUT2D eigenvalue weighted by molar-refractivity contribution is 0.322. The molecule has 0 N–H and O–H groups in total. The van der Waals surface area contributed by atoms with Crippen molar-refractivity contribution in [1.29, 1.82) is 0 Å². The van der Waals surface area contributed by atoms with Crippen LogP contribution in [-0.2, 0) is 6.54 Å². The first-order valence-electron chi connectivity index (χ1n) is 6.80. The van der Waals surface area contributed by atoms with Crippen LogP contribution in [0.25, 0.3) is 0 Å². The lowest BCUT2D eigenvalue weighted by Crippen LogP contribution is -2.05. The highest BCUT2D eigenvalue weighted by atomic mass is 79.9. The summed E-state index contributed by atoms with van der Waals surface area (Å²) >= 11 is 3.38. The van der Waals surface area contributed by atoms with Crippen molar-refractivity contribution in [2.75, 3.05) is 0 Å². The highest BCUT2D eigenvalue weighted by Crippen LogP contribution is 2.53. The maximum atomic E-state index is 5.49. The van der Waals surface area contributed by atoms with E-state index >= 15 is 0 Å². The summed E-state index contributed by atoms with van der Waals surface area (Å²) in [5, 5.41) is 8.31. The van der Waals surface area contributed by atoms with Gasteiger partial charge < -0.3 is 4.52 Å². The predicted molar refractivity (Wildman–Crippen MR) is 71.5 cm³/mol. The largest absolute Gasteiger partial charge is 0.339 e. The van der Waals surface area contributed by atoms with E-state index in [0.29, 0.717) is 12.5 Å². The van der Waals surface area contributed by atoms with Gasteiger partial charge in [0.1, 0.15) is 6.54 Å². The first-order valence-corrected chi connectivity index (χ1v) is 7.59. The van der Waals surface area contributed by atoms with Crippen LogP contribution in [0.3, 0.4) is 0 Å². The first-order chi connectivity index (χ1) is 9.29. The van der Waals surface area contributed by atoms with Gasteiger partial charge in [0, 0.05) is 12.1 Å². The molecule has 2 aromatic rings. The zero-order valence-electron chi connectivity index (χ0n) is 10.5. The monoisotopic (exact) mass is 322 g/mol. The maximum absolute atomic E-state index is 5.49. The molecule has 0 spiro atoms. The Kier molecular flexibility index (Phi) is 2.72. The highest BCUT2D eigenvalue weighted by molar-refractivity contribution is 9.10. The molecule has 2 fully saturated rings. The van der Waals surface area contributed by atoms with E-state index < -0.39 is 0 Å². The second kappa shape index (κ2) is 4.44. The van der Waals surface area contributed by atoms with Gasteiger partial charge in [-0.2, -0.15) is 10.1 Å². The van der Waals surface area contributed by atoms with Crippen LogP contribution in [0.5, 0.6) is 0 Å². The smallest absolute Gasteiger partial charge is 0.230 e. The van der Waals surface area contributed by atoms with Gasteiger partial charge in [0.05, 0.1) is 10.7 Å². The molecule has 0 amide bonds. The summed E-state index contributed by atoms with van der Waals surface area (Å²) in [5.74, 6) is 3.67. The van der Waals surface area contributed by atoms with Gasteiger partial charge in [-0.3, -0.25) is 4.68 Å². The minimum Gasteiger partial charge on any atom is -0.339 e. The van der Waals surface area contributed by atoms with E-state index in [1.54, 1.807) is 6.20 Å². The van der Waals surface area contributed by atoms with Crippen molar-refractivity contribution in [1.82, 2.24) is 19.9 Å². The minimum atomic E-state index is 0.519. The number of nitrogens with zero attached hydrogens (tertiary/aromatic N) is 4. The van der Waals surface area contributed by atoms with E-state index in [1.807, 2.05) is 10.9 Å². The Bertz CT molecular complexity index is 573. The van der Waals surface area contributed by atoms with E-state index in [2.05, 4.69) is 31.2 Å². The van der Waals surface area contributed by atoms with Crippen molar-refractivity contribution in [2.24, 2.45) is 11.8 Å². The summed E-state index contributed by atoms with van der Waals surface area (Å²) in [5.41, 5.74) is 0. The number of hydrogen-bond donors (Lipinski definition) is 0. The van der Waals surface area contributed by atoms with E-state index in [0.717, 1.165) is 28.0 Å². The van der Waals surface area contributed by atoms with Gasteiger partial charge in [0.2, 0.25) is 5.89 Å². The molecule has 0 aromatic carbocycles. The van der Waals surface area contributed by atoms with Gasteiger partial charge in [-0.25, -0.2) is 0 Å². The van der Waals surface area contributed by atoms with Crippen LogP contribution >= 0.6 is 15.9 Å². The lowest BCUT2D eigenvalue weighted by atomic mass is 9.98. The molecule has 0 radical (unpaired) electrons. The second-order valence-corrected chi connectivity index (χ2v) is 6.52. The summed E-state index contributed by atoms with van der Waals surface area (Å²) in [4.78, 5) is 4.58. The van der Waals surface area contributed by atoms with Crippen LogP contribution in [0.15, 0.2) is 21.4 Å². The van der Waals surface area contributed by atoms with Crippen molar-refractivity contribution < 1.29 is 4.52 Å². The molecule has 0 bridgehead atoms. The molecule has 6 heteroatoms. The van der Waals surface area contributed by atoms with Crippen LogP contribution in [0.4, 0.5) is 0 Å². The second-order valence-electron chi connectivity index (χ2n) is 5.61. The molecule has 2 saturated carbocycles. The van der Waals surface area contributed by atoms with Gasteiger partial charge in [-0.1, -0.05) is 5.16 Å². The van der Waals surface area contributed by atoms with Crippen LogP contribution in [0, 0.1) is 11.8 Å². The summed E-state index contributed by atoms with van der Waals surface area (Å²) in [6, 6.07) is 0. The molecule has 0 saturated heterocycles. The molecule has 2 aliphatic rings. The van der Waals surface area contributed by atoms with E-state index in [4.69, 9.17) is 4.52 Å². The van der Waals surface area contributed by atoms with Crippen LogP contribution in [-0.4, -0.2) is 19.9 Å². The molecule has 0 atom stereocenters. The maximum Gasteiger partial charge on any atom is 0.230 e. The van der Waals surface area contributed by atoms with Crippen molar-refractivity contribution >= 4 is 15.9 Å². The Labute approximate surface area is 119 Å². The Balaban J connectivity index is 1.52. The van der Waals surface area contributed by atoms with Gasteiger partial charge >= 0.3 is 0 Å². The molecule has 4 rings (SSSR count). The summed E-state index contributed by atoms with van der Waals surface area (Å²) < 4.78 is 8.26. The van der Waals surface area contributed by atoms with Gasteiger partial charge in [-0.05, 0) is 53.4 Å². The molecular formula is C13H15BrN4O. The number of hydrogen-bond acceptors (Lipinski definition) is 4. The van der Waals surface area contributed by atoms with Crippen molar-refractivity contribution in [3.05, 3.63) is 28.6 Å². The number of halogens is 1. The molecule has 0 unspecified atom stereocenters. The van der Waals surface area contributed by atoms with Gasteiger partial charge in [0.25, 0.3) is 0 Å². The normalized spacial score (nSPS) is 19.3.